The molecule has 1 unspecified atom stereocenters. The second kappa shape index (κ2) is 9.21. The maximum Gasteiger partial charge on any atom is 0.251 e. The number of carbonyl (C=O) groups is 1. The molecule has 0 saturated heterocycles. The van der Waals surface area contributed by atoms with E-state index in [1.165, 1.54) is 10.4 Å². The Labute approximate surface area is 167 Å². The minimum atomic E-state index is -3.65. The number of methoxy groups -OCH3 is 1. The summed E-state index contributed by atoms with van der Waals surface area (Å²) in [5.41, 5.74) is 1.76. The van der Waals surface area contributed by atoms with Gasteiger partial charge in [-0.2, -0.15) is 4.31 Å². The third kappa shape index (κ3) is 4.54. The lowest BCUT2D eigenvalue weighted by Crippen LogP contribution is -2.32. The highest BCUT2D eigenvalue weighted by molar-refractivity contribution is 7.89. The summed E-state index contributed by atoms with van der Waals surface area (Å²) in [4.78, 5) is 12.9. The van der Waals surface area contributed by atoms with Crippen molar-refractivity contribution in [3.05, 3.63) is 59.2 Å². The van der Waals surface area contributed by atoms with Crippen molar-refractivity contribution < 1.29 is 17.9 Å². The lowest BCUT2D eigenvalue weighted by molar-refractivity contribution is 0.0939. The molecule has 152 valence electrons. The molecule has 0 heterocycles. The fraction of sp³-hybridized carbons (Fsp3) is 0.381. The molecule has 0 aromatic heterocycles. The van der Waals surface area contributed by atoms with E-state index in [0.717, 1.165) is 5.56 Å². The van der Waals surface area contributed by atoms with Crippen molar-refractivity contribution in [2.75, 3.05) is 20.2 Å². The molecule has 28 heavy (non-hydrogen) atoms. The molecule has 1 N–H and O–H groups in total. The molecule has 0 aliphatic rings. The van der Waals surface area contributed by atoms with E-state index in [2.05, 4.69) is 5.32 Å². The zero-order valence-corrected chi connectivity index (χ0v) is 17.8. The van der Waals surface area contributed by atoms with Gasteiger partial charge in [-0.05, 0) is 37.6 Å². The molecule has 0 radical (unpaired) electrons. The van der Waals surface area contributed by atoms with Gasteiger partial charge in [0, 0.05) is 24.2 Å². The van der Waals surface area contributed by atoms with Gasteiger partial charge in [0.05, 0.1) is 18.0 Å². The second-order valence-corrected chi connectivity index (χ2v) is 8.41. The van der Waals surface area contributed by atoms with Crippen LogP contribution in [0.15, 0.2) is 47.4 Å². The number of para-hydroxylation sites is 1. The summed E-state index contributed by atoms with van der Waals surface area (Å²) in [5, 5.41) is 2.92. The maximum absolute atomic E-state index is 12.9. The molecule has 6 nitrogen and oxygen atoms in total. The molecule has 0 bridgehead atoms. The standard InChI is InChI=1S/C21H28N2O4S/c1-6-23(7-2)28(25,26)20-14-17(13-12-15(20)3)21(24)22-16(4)18-10-8-9-11-19(18)27-5/h8-14,16H,6-7H2,1-5H3,(H,22,24). The van der Waals surface area contributed by atoms with Gasteiger partial charge in [0.1, 0.15) is 5.75 Å². The number of sulfonamides is 1. The predicted molar refractivity (Wildman–Crippen MR) is 110 cm³/mol. The SMILES string of the molecule is CCN(CC)S(=O)(=O)c1cc(C(=O)NC(C)c2ccccc2OC)ccc1C. The van der Waals surface area contributed by atoms with Crippen LogP contribution in [-0.2, 0) is 10.0 Å². The third-order valence-corrected chi connectivity index (χ3v) is 6.92. The van der Waals surface area contributed by atoms with Crippen molar-refractivity contribution >= 4 is 15.9 Å². The van der Waals surface area contributed by atoms with E-state index >= 15 is 0 Å². The fourth-order valence-corrected chi connectivity index (χ4v) is 4.81. The Bertz CT molecular complexity index is 937. The number of nitrogens with zero attached hydrogens (tertiary/aromatic N) is 1. The zero-order valence-electron chi connectivity index (χ0n) is 17.0. The van der Waals surface area contributed by atoms with Gasteiger partial charge in [-0.3, -0.25) is 4.79 Å². The maximum atomic E-state index is 12.9. The molecule has 1 atom stereocenters. The van der Waals surface area contributed by atoms with Crippen LogP contribution < -0.4 is 10.1 Å². The molecule has 0 spiro atoms. The molecule has 0 aliphatic carbocycles. The highest BCUT2D eigenvalue weighted by atomic mass is 32.2. The van der Waals surface area contributed by atoms with E-state index in [4.69, 9.17) is 4.74 Å². The average Bonchev–Trinajstić information content (AvgIpc) is 2.68. The minimum absolute atomic E-state index is 0.161. The Morgan fingerprint density at radius 3 is 2.39 bits per heavy atom. The molecule has 0 saturated carbocycles. The van der Waals surface area contributed by atoms with Crippen LogP contribution in [0.4, 0.5) is 0 Å². The van der Waals surface area contributed by atoms with Crippen LogP contribution in [0.2, 0.25) is 0 Å². The summed E-state index contributed by atoms with van der Waals surface area (Å²) in [6.45, 7) is 7.93. The lowest BCUT2D eigenvalue weighted by atomic mass is 10.1. The number of ether oxygens (including phenoxy) is 1. The van der Waals surface area contributed by atoms with Gasteiger partial charge in [0.2, 0.25) is 10.0 Å². The smallest absolute Gasteiger partial charge is 0.251 e. The van der Waals surface area contributed by atoms with Crippen LogP contribution in [0.3, 0.4) is 0 Å². The first-order valence-corrected chi connectivity index (χ1v) is 10.7. The van der Waals surface area contributed by atoms with Gasteiger partial charge >= 0.3 is 0 Å². The normalized spacial score (nSPS) is 12.6. The molecular formula is C21H28N2O4S. The van der Waals surface area contributed by atoms with E-state index in [9.17, 15) is 13.2 Å². The topological polar surface area (TPSA) is 75.7 Å². The largest absolute Gasteiger partial charge is 0.496 e. The third-order valence-electron chi connectivity index (χ3n) is 4.73. The van der Waals surface area contributed by atoms with Crippen molar-refractivity contribution in [1.82, 2.24) is 9.62 Å². The highest BCUT2D eigenvalue weighted by Gasteiger charge is 2.25. The van der Waals surface area contributed by atoms with Gasteiger partial charge in [0.25, 0.3) is 5.91 Å². The Morgan fingerprint density at radius 1 is 1.14 bits per heavy atom. The summed E-state index contributed by atoms with van der Waals surface area (Å²) in [6.07, 6.45) is 0. The van der Waals surface area contributed by atoms with E-state index < -0.39 is 10.0 Å². The summed E-state index contributed by atoms with van der Waals surface area (Å²) in [6, 6.07) is 11.9. The highest BCUT2D eigenvalue weighted by Crippen LogP contribution is 2.25. The quantitative estimate of drug-likeness (QED) is 0.730. The Hall–Kier alpha value is -2.38. The molecule has 2 aromatic carbocycles. The summed E-state index contributed by atoms with van der Waals surface area (Å²) in [5.74, 6) is 0.346. The molecule has 0 fully saturated rings. The van der Waals surface area contributed by atoms with Gasteiger partial charge in [-0.25, -0.2) is 8.42 Å². The average molecular weight is 405 g/mol. The van der Waals surface area contributed by atoms with Crippen LogP contribution in [-0.4, -0.2) is 38.8 Å². The van der Waals surface area contributed by atoms with Crippen LogP contribution in [0, 0.1) is 6.92 Å². The molecular weight excluding hydrogens is 376 g/mol. The van der Waals surface area contributed by atoms with E-state index in [-0.39, 0.29) is 16.8 Å². The first-order valence-electron chi connectivity index (χ1n) is 9.30. The second-order valence-electron chi connectivity index (χ2n) is 6.51. The van der Waals surface area contributed by atoms with Crippen LogP contribution in [0.25, 0.3) is 0 Å². The number of aryl methyl sites for hydroxylation is 1. The van der Waals surface area contributed by atoms with Gasteiger partial charge in [-0.1, -0.05) is 38.1 Å². The number of amides is 1. The monoisotopic (exact) mass is 404 g/mol. The first-order chi connectivity index (χ1) is 13.3. The Kier molecular flexibility index (Phi) is 7.21. The van der Waals surface area contributed by atoms with Crippen LogP contribution >= 0.6 is 0 Å². The predicted octanol–water partition coefficient (Wildman–Crippen LogP) is 3.53. The Balaban J connectivity index is 2.32. The van der Waals surface area contributed by atoms with Crippen LogP contribution in [0.5, 0.6) is 5.75 Å². The number of benzene rings is 2. The first kappa shape index (κ1) is 21.9. The molecule has 2 rings (SSSR count). The number of hydrogen-bond donors (Lipinski definition) is 1. The summed E-state index contributed by atoms with van der Waals surface area (Å²) >= 11 is 0. The van der Waals surface area contributed by atoms with Crippen molar-refractivity contribution in [2.45, 2.75) is 38.6 Å². The van der Waals surface area contributed by atoms with Crippen molar-refractivity contribution in [2.24, 2.45) is 0 Å². The molecule has 2 aromatic rings. The van der Waals surface area contributed by atoms with Crippen LogP contribution in [0.1, 0.15) is 48.3 Å². The van der Waals surface area contributed by atoms with Crippen molar-refractivity contribution in [1.29, 1.82) is 0 Å². The van der Waals surface area contributed by atoms with Crippen molar-refractivity contribution in [3.8, 4) is 5.75 Å². The lowest BCUT2D eigenvalue weighted by Gasteiger charge is -2.21. The number of hydrogen-bond acceptors (Lipinski definition) is 4. The Morgan fingerprint density at radius 2 is 1.79 bits per heavy atom. The van der Waals surface area contributed by atoms with Gasteiger partial charge in [-0.15, -0.1) is 0 Å². The summed E-state index contributed by atoms with van der Waals surface area (Å²) in [7, 11) is -2.06. The van der Waals surface area contributed by atoms with E-state index in [1.54, 1.807) is 40.0 Å². The zero-order chi connectivity index (χ0) is 20.9. The van der Waals surface area contributed by atoms with Gasteiger partial charge < -0.3 is 10.1 Å². The molecule has 7 heteroatoms. The minimum Gasteiger partial charge on any atom is -0.496 e. The molecule has 0 aliphatic heterocycles. The number of rotatable bonds is 8. The van der Waals surface area contributed by atoms with E-state index in [0.29, 0.717) is 30.0 Å². The van der Waals surface area contributed by atoms with E-state index in [1.807, 2.05) is 31.2 Å². The van der Waals surface area contributed by atoms with Gasteiger partial charge in [0.15, 0.2) is 0 Å². The molecule has 1 amide bonds. The summed E-state index contributed by atoms with van der Waals surface area (Å²) < 4.78 is 32.5. The fourth-order valence-electron chi connectivity index (χ4n) is 3.10. The number of carbonyl (C=O) groups excluding carboxylic acids is 1. The number of nitrogens with one attached hydrogen (secondary N) is 1. The van der Waals surface area contributed by atoms with Crippen molar-refractivity contribution in [3.63, 3.8) is 0 Å².